The lowest BCUT2D eigenvalue weighted by atomic mass is 10.2. The van der Waals surface area contributed by atoms with Gasteiger partial charge in [0.1, 0.15) is 16.4 Å². The second-order valence-electron chi connectivity index (χ2n) is 8.94. The number of nitrogens with one attached hydrogen (secondary N) is 2. The van der Waals surface area contributed by atoms with Crippen molar-refractivity contribution in [3.63, 3.8) is 0 Å². The quantitative estimate of drug-likeness (QED) is 0.269. The van der Waals surface area contributed by atoms with Gasteiger partial charge in [-0.15, -0.1) is 0 Å². The van der Waals surface area contributed by atoms with Gasteiger partial charge in [-0.05, 0) is 64.4 Å². The smallest absolute Gasteiger partial charge is 0.272 e. The van der Waals surface area contributed by atoms with E-state index >= 15 is 0 Å². The van der Waals surface area contributed by atoms with Gasteiger partial charge < -0.3 is 14.8 Å². The van der Waals surface area contributed by atoms with Crippen molar-refractivity contribution >= 4 is 21.6 Å². The van der Waals surface area contributed by atoms with Crippen LogP contribution in [0, 0.1) is 17.0 Å². The molecular formula is C25H31N5O7S. The van der Waals surface area contributed by atoms with Gasteiger partial charge in [-0.3, -0.25) is 14.9 Å². The largest absolute Gasteiger partial charge is 0.497 e. The maximum Gasteiger partial charge on any atom is 0.272 e. The van der Waals surface area contributed by atoms with Crippen LogP contribution in [0.25, 0.3) is 5.69 Å². The molecule has 2 aromatic carbocycles. The summed E-state index contributed by atoms with van der Waals surface area (Å²) < 4.78 is 41.6. The minimum Gasteiger partial charge on any atom is -0.497 e. The topological polar surface area (TPSA) is 155 Å². The molecule has 3 aromatic rings. The Hall–Kier alpha value is -3.97. The monoisotopic (exact) mass is 545 g/mol. The number of carbonyl (C=O) groups is 1. The number of nitro benzene ring substituents is 1. The van der Waals surface area contributed by atoms with E-state index in [-0.39, 0.29) is 23.4 Å². The second-order valence-corrected chi connectivity index (χ2v) is 10.6. The predicted octanol–water partition coefficient (Wildman–Crippen LogP) is 4.10. The standard InChI is InChI=1S/C25H31N5O7S/c1-7-16(4)28-38(34,35)22-14-19(30(32)33)10-13-21(22)37-25-17(5)23(24(31)26-15(2)3)27-29(25)18-8-11-20(36-6)12-9-18/h8-16,28H,7H2,1-6H3,(H,26,31)/t16-/m0/s1. The van der Waals surface area contributed by atoms with Gasteiger partial charge in [0, 0.05) is 29.8 Å². The minimum atomic E-state index is -4.21. The fourth-order valence-electron chi connectivity index (χ4n) is 3.47. The third-order valence-electron chi connectivity index (χ3n) is 5.62. The summed E-state index contributed by atoms with van der Waals surface area (Å²) in [5, 5.41) is 18.7. The van der Waals surface area contributed by atoms with Crippen molar-refractivity contribution < 1.29 is 27.6 Å². The minimum absolute atomic E-state index is 0.0675. The molecule has 0 unspecified atom stereocenters. The first-order valence-corrected chi connectivity index (χ1v) is 13.4. The van der Waals surface area contributed by atoms with Crippen molar-refractivity contribution in [2.45, 2.75) is 58.0 Å². The number of ether oxygens (including phenoxy) is 2. The van der Waals surface area contributed by atoms with Crippen LogP contribution in [0.15, 0.2) is 47.4 Å². The Morgan fingerprint density at radius 2 is 1.82 bits per heavy atom. The van der Waals surface area contributed by atoms with E-state index in [4.69, 9.17) is 9.47 Å². The van der Waals surface area contributed by atoms with Crippen LogP contribution in [0.4, 0.5) is 5.69 Å². The number of rotatable bonds is 11. The van der Waals surface area contributed by atoms with E-state index in [1.165, 1.54) is 17.9 Å². The van der Waals surface area contributed by atoms with Gasteiger partial charge in [0.25, 0.3) is 11.6 Å². The number of aromatic nitrogens is 2. The van der Waals surface area contributed by atoms with E-state index in [0.717, 1.165) is 12.1 Å². The normalized spacial score (nSPS) is 12.3. The van der Waals surface area contributed by atoms with Crippen LogP contribution < -0.4 is 19.5 Å². The molecule has 0 radical (unpaired) electrons. The number of nitro groups is 1. The molecule has 0 saturated carbocycles. The zero-order valence-electron chi connectivity index (χ0n) is 22.0. The number of sulfonamides is 1. The lowest BCUT2D eigenvalue weighted by Crippen LogP contribution is -2.32. The first kappa shape index (κ1) is 28.6. The highest BCUT2D eigenvalue weighted by atomic mass is 32.2. The number of hydrogen-bond acceptors (Lipinski definition) is 8. The highest BCUT2D eigenvalue weighted by Gasteiger charge is 2.28. The zero-order valence-corrected chi connectivity index (χ0v) is 22.8. The van der Waals surface area contributed by atoms with Crippen molar-refractivity contribution in [2.75, 3.05) is 7.11 Å². The molecule has 13 heteroatoms. The van der Waals surface area contributed by atoms with E-state index in [2.05, 4.69) is 15.1 Å². The van der Waals surface area contributed by atoms with Gasteiger partial charge in [0.05, 0.1) is 17.7 Å². The molecule has 0 fully saturated rings. The summed E-state index contributed by atoms with van der Waals surface area (Å²) in [6.45, 7) is 8.72. The Bertz CT molecular complexity index is 1430. The molecule has 1 amide bonds. The summed E-state index contributed by atoms with van der Waals surface area (Å²) in [6, 6.07) is 9.50. The predicted molar refractivity (Wildman–Crippen MR) is 141 cm³/mol. The molecule has 3 rings (SSSR count). The molecule has 12 nitrogen and oxygen atoms in total. The van der Waals surface area contributed by atoms with E-state index in [1.807, 2.05) is 13.8 Å². The van der Waals surface area contributed by atoms with E-state index in [1.54, 1.807) is 45.0 Å². The van der Waals surface area contributed by atoms with Crippen molar-refractivity contribution in [3.8, 4) is 23.1 Å². The van der Waals surface area contributed by atoms with Crippen molar-refractivity contribution in [1.29, 1.82) is 0 Å². The maximum absolute atomic E-state index is 13.2. The molecule has 38 heavy (non-hydrogen) atoms. The molecule has 2 N–H and O–H groups in total. The number of hydrogen-bond donors (Lipinski definition) is 2. The van der Waals surface area contributed by atoms with Crippen LogP contribution in [0.1, 0.15) is 50.2 Å². The first-order chi connectivity index (χ1) is 17.9. The molecule has 1 aromatic heterocycles. The van der Waals surface area contributed by atoms with Crippen LogP contribution in [0.5, 0.6) is 17.4 Å². The molecule has 204 valence electrons. The van der Waals surface area contributed by atoms with Crippen molar-refractivity contribution in [3.05, 3.63) is 63.8 Å². The number of nitrogens with zero attached hydrogens (tertiary/aromatic N) is 3. The summed E-state index contributed by atoms with van der Waals surface area (Å²) in [6.07, 6.45) is 0.502. The molecular weight excluding hydrogens is 514 g/mol. The highest BCUT2D eigenvalue weighted by Crippen LogP contribution is 2.36. The van der Waals surface area contributed by atoms with Gasteiger partial charge >= 0.3 is 0 Å². The van der Waals surface area contributed by atoms with E-state index < -0.39 is 37.5 Å². The number of carbonyl (C=O) groups excluding carboxylic acids is 1. The number of methoxy groups -OCH3 is 1. The molecule has 1 atom stereocenters. The fourth-order valence-corrected chi connectivity index (χ4v) is 4.94. The van der Waals surface area contributed by atoms with Crippen LogP contribution in [-0.4, -0.2) is 48.2 Å². The number of non-ortho nitro benzene ring substituents is 1. The SMILES string of the molecule is CC[C@H](C)NS(=O)(=O)c1cc([N+](=O)[O-])ccc1Oc1c(C)c(C(=O)NC(C)C)nn1-c1ccc(OC)cc1. The Labute approximate surface area is 221 Å². The van der Waals surface area contributed by atoms with Crippen LogP contribution >= 0.6 is 0 Å². The van der Waals surface area contributed by atoms with Gasteiger partial charge in [-0.25, -0.2) is 13.1 Å². The first-order valence-electron chi connectivity index (χ1n) is 11.9. The average Bonchev–Trinajstić information content (AvgIpc) is 3.19. The molecule has 0 spiro atoms. The molecule has 0 aliphatic heterocycles. The Morgan fingerprint density at radius 1 is 1.16 bits per heavy atom. The fraction of sp³-hybridized carbons (Fsp3) is 0.360. The Balaban J connectivity index is 2.20. The number of amides is 1. The summed E-state index contributed by atoms with van der Waals surface area (Å²) in [4.78, 5) is 23.2. The summed E-state index contributed by atoms with van der Waals surface area (Å²) >= 11 is 0. The molecule has 1 heterocycles. The van der Waals surface area contributed by atoms with Gasteiger partial charge in [-0.1, -0.05) is 6.92 Å². The lowest BCUT2D eigenvalue weighted by Gasteiger charge is -2.16. The Morgan fingerprint density at radius 3 is 2.37 bits per heavy atom. The summed E-state index contributed by atoms with van der Waals surface area (Å²) in [7, 11) is -2.68. The summed E-state index contributed by atoms with van der Waals surface area (Å²) in [5.41, 5.74) is 0.514. The Kier molecular flexibility index (Phi) is 8.74. The lowest BCUT2D eigenvalue weighted by molar-refractivity contribution is -0.385. The second kappa shape index (κ2) is 11.6. The van der Waals surface area contributed by atoms with Gasteiger partial charge in [-0.2, -0.15) is 9.78 Å². The number of benzene rings is 2. The maximum atomic E-state index is 13.2. The van der Waals surface area contributed by atoms with Crippen LogP contribution in [-0.2, 0) is 10.0 Å². The van der Waals surface area contributed by atoms with Crippen molar-refractivity contribution in [2.24, 2.45) is 0 Å². The molecule has 0 bridgehead atoms. The van der Waals surface area contributed by atoms with Gasteiger partial charge in [0.2, 0.25) is 15.9 Å². The van der Waals surface area contributed by atoms with E-state index in [0.29, 0.717) is 23.4 Å². The summed E-state index contributed by atoms with van der Waals surface area (Å²) in [5.74, 6) is 0.0558. The average molecular weight is 546 g/mol. The molecule has 0 aliphatic carbocycles. The third-order valence-corrected chi connectivity index (χ3v) is 7.23. The molecule has 0 aliphatic rings. The van der Waals surface area contributed by atoms with Gasteiger partial charge in [0.15, 0.2) is 5.69 Å². The third kappa shape index (κ3) is 6.29. The van der Waals surface area contributed by atoms with Crippen LogP contribution in [0.3, 0.4) is 0 Å². The van der Waals surface area contributed by atoms with Crippen molar-refractivity contribution in [1.82, 2.24) is 19.8 Å². The van der Waals surface area contributed by atoms with Crippen LogP contribution in [0.2, 0.25) is 0 Å². The highest BCUT2D eigenvalue weighted by molar-refractivity contribution is 7.89. The zero-order chi connectivity index (χ0) is 28.2. The molecule has 0 saturated heterocycles. The van der Waals surface area contributed by atoms with E-state index in [9.17, 15) is 23.3 Å².